The topological polar surface area (TPSA) is 26.3 Å². The second-order valence-electron chi connectivity index (χ2n) is 3.93. The second kappa shape index (κ2) is 8.09. The first-order valence-corrected chi connectivity index (χ1v) is 6.53. The van der Waals surface area contributed by atoms with Gasteiger partial charge in [0.05, 0.1) is 5.56 Å². The molecule has 0 radical (unpaired) electrons. The van der Waals surface area contributed by atoms with E-state index in [4.69, 9.17) is 4.74 Å². The van der Waals surface area contributed by atoms with Crippen molar-refractivity contribution in [2.75, 3.05) is 0 Å². The SMILES string of the molecule is CC.Cc1ccc(C(=O)OCc2ccccc2)cc1. The smallest absolute Gasteiger partial charge is 0.338 e. The van der Waals surface area contributed by atoms with Crippen LogP contribution in [0.2, 0.25) is 0 Å². The first-order chi connectivity index (χ1) is 9.25. The Labute approximate surface area is 115 Å². The molecule has 0 N–H and O–H groups in total. The zero-order valence-corrected chi connectivity index (χ0v) is 11.7. The minimum atomic E-state index is -0.283. The van der Waals surface area contributed by atoms with Gasteiger partial charge in [-0.2, -0.15) is 0 Å². The molecule has 2 aromatic rings. The lowest BCUT2D eigenvalue weighted by Gasteiger charge is -2.05. The summed E-state index contributed by atoms with van der Waals surface area (Å²) in [5.74, 6) is -0.283. The van der Waals surface area contributed by atoms with Gasteiger partial charge in [-0.15, -0.1) is 0 Å². The lowest BCUT2D eigenvalue weighted by molar-refractivity contribution is 0.0472. The average molecular weight is 256 g/mol. The normalized spacial score (nSPS) is 9.21. The van der Waals surface area contributed by atoms with Crippen molar-refractivity contribution in [1.82, 2.24) is 0 Å². The fourth-order valence-corrected chi connectivity index (χ4v) is 1.50. The molecule has 0 atom stereocenters. The van der Waals surface area contributed by atoms with Crippen LogP contribution in [0.4, 0.5) is 0 Å². The highest BCUT2D eigenvalue weighted by Gasteiger charge is 2.06. The maximum absolute atomic E-state index is 11.7. The molecule has 2 aromatic carbocycles. The van der Waals surface area contributed by atoms with Crippen molar-refractivity contribution in [2.45, 2.75) is 27.4 Å². The number of rotatable bonds is 3. The average Bonchev–Trinajstić information content (AvgIpc) is 2.49. The molecule has 0 aliphatic rings. The van der Waals surface area contributed by atoms with Crippen LogP contribution >= 0.6 is 0 Å². The number of benzene rings is 2. The van der Waals surface area contributed by atoms with E-state index in [2.05, 4.69) is 0 Å². The number of aryl methyl sites for hydroxylation is 1. The third kappa shape index (κ3) is 4.96. The van der Waals surface area contributed by atoms with Gasteiger partial charge in [-0.1, -0.05) is 61.9 Å². The Hall–Kier alpha value is -2.09. The molecule has 2 nitrogen and oxygen atoms in total. The van der Waals surface area contributed by atoms with E-state index >= 15 is 0 Å². The van der Waals surface area contributed by atoms with Gasteiger partial charge in [0.15, 0.2) is 0 Å². The Morgan fingerprint density at radius 3 is 2.11 bits per heavy atom. The zero-order chi connectivity index (χ0) is 14.1. The lowest BCUT2D eigenvalue weighted by atomic mass is 10.1. The van der Waals surface area contributed by atoms with E-state index < -0.39 is 0 Å². The molecule has 0 amide bonds. The maximum atomic E-state index is 11.7. The molecule has 0 fully saturated rings. The molecule has 0 aromatic heterocycles. The van der Waals surface area contributed by atoms with Gasteiger partial charge in [0, 0.05) is 0 Å². The van der Waals surface area contributed by atoms with E-state index in [1.54, 1.807) is 12.1 Å². The summed E-state index contributed by atoms with van der Waals surface area (Å²) >= 11 is 0. The van der Waals surface area contributed by atoms with E-state index in [-0.39, 0.29) is 5.97 Å². The summed E-state index contributed by atoms with van der Waals surface area (Å²) in [4.78, 5) is 11.7. The lowest BCUT2D eigenvalue weighted by Crippen LogP contribution is -2.04. The molecule has 0 heterocycles. The third-order valence-electron chi connectivity index (χ3n) is 2.50. The van der Waals surface area contributed by atoms with Crippen molar-refractivity contribution in [1.29, 1.82) is 0 Å². The Kier molecular flexibility index (Phi) is 6.37. The van der Waals surface area contributed by atoms with Crippen molar-refractivity contribution in [3.8, 4) is 0 Å². The summed E-state index contributed by atoms with van der Waals surface area (Å²) in [6.07, 6.45) is 0. The molecule has 0 aliphatic heterocycles. The van der Waals surface area contributed by atoms with Crippen LogP contribution in [-0.2, 0) is 11.3 Å². The van der Waals surface area contributed by atoms with Crippen LogP contribution in [0.15, 0.2) is 54.6 Å². The summed E-state index contributed by atoms with van der Waals surface area (Å²) in [5.41, 5.74) is 2.71. The number of carbonyl (C=O) groups excluding carboxylic acids is 1. The minimum Gasteiger partial charge on any atom is -0.457 e. The Balaban J connectivity index is 0.000000861. The zero-order valence-electron chi connectivity index (χ0n) is 11.7. The number of hydrogen-bond donors (Lipinski definition) is 0. The molecule has 100 valence electrons. The van der Waals surface area contributed by atoms with Crippen molar-refractivity contribution in [3.05, 3.63) is 71.3 Å². The van der Waals surface area contributed by atoms with E-state index in [1.807, 2.05) is 63.2 Å². The molecule has 0 unspecified atom stereocenters. The van der Waals surface area contributed by atoms with Crippen molar-refractivity contribution < 1.29 is 9.53 Å². The predicted octanol–water partition coefficient (Wildman–Crippen LogP) is 4.38. The van der Waals surface area contributed by atoms with Crippen molar-refractivity contribution >= 4 is 5.97 Å². The summed E-state index contributed by atoms with van der Waals surface area (Å²) in [6.45, 7) is 6.30. The summed E-state index contributed by atoms with van der Waals surface area (Å²) in [5, 5.41) is 0. The molecule has 0 saturated carbocycles. The van der Waals surface area contributed by atoms with Crippen LogP contribution < -0.4 is 0 Å². The van der Waals surface area contributed by atoms with Gasteiger partial charge in [-0.25, -0.2) is 4.79 Å². The van der Waals surface area contributed by atoms with Gasteiger partial charge in [0.1, 0.15) is 6.61 Å². The number of esters is 1. The van der Waals surface area contributed by atoms with Gasteiger partial charge in [-0.3, -0.25) is 0 Å². The molecule has 19 heavy (non-hydrogen) atoms. The molecule has 0 spiro atoms. The first kappa shape index (κ1) is 15.0. The maximum Gasteiger partial charge on any atom is 0.338 e. The third-order valence-corrected chi connectivity index (χ3v) is 2.50. The fourth-order valence-electron chi connectivity index (χ4n) is 1.50. The summed E-state index contributed by atoms with van der Waals surface area (Å²) < 4.78 is 5.22. The minimum absolute atomic E-state index is 0.283. The highest BCUT2D eigenvalue weighted by atomic mass is 16.5. The molecule has 2 rings (SSSR count). The van der Waals surface area contributed by atoms with Gasteiger partial charge >= 0.3 is 5.97 Å². The molecule has 2 heteroatoms. The van der Waals surface area contributed by atoms with Gasteiger partial charge in [0.2, 0.25) is 0 Å². The van der Waals surface area contributed by atoms with Crippen molar-refractivity contribution in [3.63, 3.8) is 0 Å². The molecular weight excluding hydrogens is 236 g/mol. The number of hydrogen-bond acceptors (Lipinski definition) is 2. The second-order valence-corrected chi connectivity index (χ2v) is 3.93. The van der Waals surface area contributed by atoms with Crippen LogP contribution in [0.25, 0.3) is 0 Å². The van der Waals surface area contributed by atoms with Crippen LogP contribution in [0.5, 0.6) is 0 Å². The van der Waals surface area contributed by atoms with Gasteiger partial charge < -0.3 is 4.74 Å². The summed E-state index contributed by atoms with van der Waals surface area (Å²) in [7, 11) is 0. The van der Waals surface area contributed by atoms with Crippen LogP contribution in [0, 0.1) is 6.92 Å². The molecule has 0 saturated heterocycles. The van der Waals surface area contributed by atoms with Gasteiger partial charge in [0.25, 0.3) is 0 Å². The van der Waals surface area contributed by atoms with Crippen molar-refractivity contribution in [2.24, 2.45) is 0 Å². The Morgan fingerprint density at radius 1 is 0.947 bits per heavy atom. The van der Waals surface area contributed by atoms with E-state index in [9.17, 15) is 4.79 Å². The highest BCUT2D eigenvalue weighted by Crippen LogP contribution is 2.07. The Morgan fingerprint density at radius 2 is 1.53 bits per heavy atom. The van der Waals surface area contributed by atoms with Crippen LogP contribution in [-0.4, -0.2) is 5.97 Å². The first-order valence-electron chi connectivity index (χ1n) is 6.53. The predicted molar refractivity (Wildman–Crippen MR) is 78.1 cm³/mol. The highest BCUT2D eigenvalue weighted by molar-refractivity contribution is 5.89. The summed E-state index contributed by atoms with van der Waals surface area (Å²) in [6, 6.07) is 17.0. The standard InChI is InChI=1S/C15H14O2.C2H6/c1-12-7-9-14(10-8-12)15(16)17-11-13-5-3-2-4-6-13;1-2/h2-10H,11H2,1H3;1-2H3. The fraction of sp³-hybridized carbons (Fsp3) is 0.235. The number of carbonyl (C=O) groups is 1. The molecule has 0 aliphatic carbocycles. The largest absolute Gasteiger partial charge is 0.457 e. The molecule has 0 bridgehead atoms. The van der Waals surface area contributed by atoms with Crippen LogP contribution in [0.1, 0.15) is 35.3 Å². The van der Waals surface area contributed by atoms with E-state index in [0.717, 1.165) is 11.1 Å². The monoisotopic (exact) mass is 256 g/mol. The quantitative estimate of drug-likeness (QED) is 0.762. The van der Waals surface area contributed by atoms with Crippen LogP contribution in [0.3, 0.4) is 0 Å². The van der Waals surface area contributed by atoms with E-state index in [1.165, 1.54) is 0 Å². The molecular formula is C17H20O2. The Bertz CT molecular complexity index is 486. The van der Waals surface area contributed by atoms with E-state index in [0.29, 0.717) is 12.2 Å². The van der Waals surface area contributed by atoms with Gasteiger partial charge in [-0.05, 0) is 24.6 Å². The number of ether oxygens (including phenoxy) is 1.